The maximum Gasteiger partial charge on any atom is 0.321 e. The van der Waals surface area contributed by atoms with E-state index in [4.69, 9.17) is 0 Å². The van der Waals surface area contributed by atoms with Crippen LogP contribution >= 0.6 is 0 Å². The van der Waals surface area contributed by atoms with Gasteiger partial charge in [-0.05, 0) is 61.4 Å². The minimum absolute atomic E-state index is 0.148. The van der Waals surface area contributed by atoms with Crippen LogP contribution in [0.5, 0.6) is 0 Å². The summed E-state index contributed by atoms with van der Waals surface area (Å²) >= 11 is 0. The Balaban J connectivity index is 1.49. The molecule has 4 rings (SSSR count). The molecule has 204 valence electrons. The molecule has 0 bridgehead atoms. The Morgan fingerprint density at radius 3 is 2.28 bits per heavy atom. The van der Waals surface area contributed by atoms with Crippen LogP contribution in [0.25, 0.3) is 0 Å². The molecule has 3 aromatic carbocycles. The summed E-state index contributed by atoms with van der Waals surface area (Å²) in [7, 11) is 0. The third-order valence-electron chi connectivity index (χ3n) is 6.64. The third-order valence-corrected chi connectivity index (χ3v) is 6.64. The van der Waals surface area contributed by atoms with Gasteiger partial charge in [0, 0.05) is 56.2 Å². The molecule has 1 saturated heterocycles. The van der Waals surface area contributed by atoms with Gasteiger partial charge in [0.15, 0.2) is 0 Å². The van der Waals surface area contributed by atoms with Crippen LogP contribution in [-0.4, -0.2) is 48.9 Å². The monoisotopic (exact) mass is 531 g/mol. The number of urea groups is 1. The van der Waals surface area contributed by atoms with E-state index in [0.29, 0.717) is 43.9 Å². The molecule has 1 fully saturated rings. The molecule has 4 amide bonds. The van der Waals surface area contributed by atoms with E-state index in [-0.39, 0.29) is 30.2 Å². The second kappa shape index (κ2) is 12.9. The molecule has 1 aliphatic rings. The predicted octanol–water partition coefficient (Wildman–Crippen LogP) is 5.16. The van der Waals surface area contributed by atoms with Crippen LogP contribution in [0.3, 0.4) is 0 Å². The largest absolute Gasteiger partial charge is 0.369 e. The molecule has 9 heteroatoms. The van der Waals surface area contributed by atoms with Gasteiger partial charge in [-0.3, -0.25) is 9.59 Å². The van der Waals surface area contributed by atoms with Crippen LogP contribution < -0.4 is 20.9 Å². The lowest BCUT2D eigenvalue weighted by atomic mass is 10.1. The van der Waals surface area contributed by atoms with E-state index < -0.39 is 0 Å². The Morgan fingerprint density at radius 1 is 0.846 bits per heavy atom. The van der Waals surface area contributed by atoms with Crippen molar-refractivity contribution in [3.05, 3.63) is 89.2 Å². The average molecular weight is 532 g/mol. The smallest absolute Gasteiger partial charge is 0.321 e. The topological polar surface area (TPSA) is 93.8 Å². The van der Waals surface area contributed by atoms with Gasteiger partial charge in [0.2, 0.25) is 5.91 Å². The van der Waals surface area contributed by atoms with Crippen molar-refractivity contribution in [3.63, 3.8) is 0 Å². The standard InChI is InChI=1S/C30H34FN5O3/c1-3-28(37)33-25-13-14-27(26(19-25)29(38)32-20-22-7-9-23(31)10-8-22)35-15-4-16-36(18-17-35)30(39)34-24-11-5-21(2)6-12-24/h5-14,19H,3-4,15-18,20H2,1-2H3,(H,32,38)(H,33,37)(H,34,39). The number of nitrogens with zero attached hydrogens (tertiary/aromatic N) is 2. The second-order valence-electron chi connectivity index (χ2n) is 9.57. The Hall–Kier alpha value is -4.40. The molecular weight excluding hydrogens is 497 g/mol. The van der Waals surface area contributed by atoms with Gasteiger partial charge < -0.3 is 25.8 Å². The molecule has 3 aromatic rings. The highest BCUT2D eigenvalue weighted by Crippen LogP contribution is 2.26. The fraction of sp³-hybridized carbons (Fsp3) is 0.300. The van der Waals surface area contributed by atoms with E-state index in [0.717, 1.165) is 28.9 Å². The lowest BCUT2D eigenvalue weighted by molar-refractivity contribution is -0.115. The zero-order chi connectivity index (χ0) is 27.8. The van der Waals surface area contributed by atoms with Crippen LogP contribution in [0.4, 0.5) is 26.2 Å². The van der Waals surface area contributed by atoms with E-state index >= 15 is 0 Å². The molecule has 0 radical (unpaired) electrons. The number of aryl methyl sites for hydroxylation is 1. The van der Waals surface area contributed by atoms with E-state index in [1.54, 1.807) is 36.1 Å². The summed E-state index contributed by atoms with van der Waals surface area (Å²) in [5.41, 5.74) is 4.32. The van der Waals surface area contributed by atoms with Crippen molar-refractivity contribution in [1.82, 2.24) is 10.2 Å². The highest BCUT2D eigenvalue weighted by Gasteiger charge is 2.23. The fourth-order valence-corrected chi connectivity index (χ4v) is 4.40. The predicted molar refractivity (Wildman–Crippen MR) is 152 cm³/mol. The van der Waals surface area contributed by atoms with Crippen molar-refractivity contribution in [1.29, 1.82) is 0 Å². The van der Waals surface area contributed by atoms with Crippen molar-refractivity contribution in [2.24, 2.45) is 0 Å². The molecule has 0 aromatic heterocycles. The van der Waals surface area contributed by atoms with Gasteiger partial charge in [-0.25, -0.2) is 9.18 Å². The first-order valence-electron chi connectivity index (χ1n) is 13.2. The van der Waals surface area contributed by atoms with Crippen LogP contribution in [0.1, 0.15) is 41.3 Å². The maximum atomic E-state index is 13.3. The Labute approximate surface area is 228 Å². The second-order valence-corrected chi connectivity index (χ2v) is 9.57. The number of carbonyl (C=O) groups excluding carboxylic acids is 3. The van der Waals surface area contributed by atoms with E-state index in [1.807, 2.05) is 37.3 Å². The minimum atomic E-state index is -0.338. The molecule has 0 atom stereocenters. The third kappa shape index (κ3) is 7.56. The first kappa shape index (κ1) is 27.6. The summed E-state index contributed by atoms with van der Waals surface area (Å²) in [5.74, 6) is -0.792. The van der Waals surface area contributed by atoms with Gasteiger partial charge in [0.25, 0.3) is 5.91 Å². The molecule has 0 unspecified atom stereocenters. The van der Waals surface area contributed by atoms with Gasteiger partial charge in [0.05, 0.1) is 5.56 Å². The lowest BCUT2D eigenvalue weighted by Crippen LogP contribution is -2.38. The molecule has 39 heavy (non-hydrogen) atoms. The van der Waals surface area contributed by atoms with Gasteiger partial charge in [-0.2, -0.15) is 0 Å². The summed E-state index contributed by atoms with van der Waals surface area (Å²) in [6, 6.07) is 18.8. The number of rotatable bonds is 7. The lowest BCUT2D eigenvalue weighted by Gasteiger charge is -2.26. The zero-order valence-electron chi connectivity index (χ0n) is 22.3. The Morgan fingerprint density at radius 2 is 1.56 bits per heavy atom. The zero-order valence-corrected chi connectivity index (χ0v) is 22.3. The molecule has 8 nitrogen and oxygen atoms in total. The van der Waals surface area contributed by atoms with Crippen molar-refractivity contribution >= 4 is 34.9 Å². The summed E-state index contributed by atoms with van der Waals surface area (Å²) in [6.07, 6.45) is 1.05. The first-order valence-corrected chi connectivity index (χ1v) is 13.2. The van der Waals surface area contributed by atoms with E-state index in [2.05, 4.69) is 20.9 Å². The number of halogens is 1. The SMILES string of the molecule is CCC(=O)Nc1ccc(N2CCCN(C(=O)Nc3ccc(C)cc3)CC2)c(C(=O)NCc2ccc(F)cc2)c1. The van der Waals surface area contributed by atoms with E-state index in [9.17, 15) is 18.8 Å². The maximum absolute atomic E-state index is 13.3. The van der Waals surface area contributed by atoms with Crippen molar-refractivity contribution in [2.75, 3.05) is 41.7 Å². The van der Waals surface area contributed by atoms with Gasteiger partial charge >= 0.3 is 6.03 Å². The van der Waals surface area contributed by atoms with Gasteiger partial charge in [0.1, 0.15) is 5.82 Å². The van der Waals surface area contributed by atoms with Gasteiger partial charge in [-0.1, -0.05) is 36.8 Å². The molecule has 1 heterocycles. The number of anilines is 3. The molecule has 3 N–H and O–H groups in total. The summed E-state index contributed by atoms with van der Waals surface area (Å²) in [6.45, 7) is 6.27. The minimum Gasteiger partial charge on any atom is -0.369 e. The summed E-state index contributed by atoms with van der Waals surface area (Å²) < 4.78 is 13.3. The van der Waals surface area contributed by atoms with Gasteiger partial charge in [-0.15, -0.1) is 0 Å². The van der Waals surface area contributed by atoms with E-state index in [1.165, 1.54) is 12.1 Å². The molecule has 1 aliphatic heterocycles. The number of hydrogen-bond acceptors (Lipinski definition) is 4. The van der Waals surface area contributed by atoms with Crippen LogP contribution in [0.15, 0.2) is 66.7 Å². The normalized spacial score (nSPS) is 13.4. The highest BCUT2D eigenvalue weighted by molar-refractivity contribution is 6.02. The van der Waals surface area contributed by atoms with Crippen molar-refractivity contribution in [2.45, 2.75) is 33.2 Å². The van der Waals surface area contributed by atoms with Crippen molar-refractivity contribution < 1.29 is 18.8 Å². The van der Waals surface area contributed by atoms with Crippen molar-refractivity contribution in [3.8, 4) is 0 Å². The fourth-order valence-electron chi connectivity index (χ4n) is 4.40. The molecular formula is C30H34FN5O3. The highest BCUT2D eigenvalue weighted by atomic mass is 19.1. The molecule has 0 saturated carbocycles. The summed E-state index contributed by atoms with van der Waals surface area (Å²) in [4.78, 5) is 42.1. The molecule has 0 spiro atoms. The number of hydrogen-bond donors (Lipinski definition) is 3. The Kier molecular flexibility index (Phi) is 9.14. The number of benzene rings is 3. The number of amides is 4. The quantitative estimate of drug-likeness (QED) is 0.393. The average Bonchev–Trinajstić information content (AvgIpc) is 3.20. The molecule has 0 aliphatic carbocycles. The van der Waals surface area contributed by atoms with Crippen LogP contribution in [0.2, 0.25) is 0 Å². The van der Waals surface area contributed by atoms with Crippen LogP contribution in [-0.2, 0) is 11.3 Å². The first-order chi connectivity index (χ1) is 18.8. The number of carbonyl (C=O) groups is 3. The Bertz CT molecular complexity index is 1310. The van der Waals surface area contributed by atoms with Crippen LogP contribution in [0, 0.1) is 12.7 Å². The number of nitrogens with one attached hydrogen (secondary N) is 3. The summed E-state index contributed by atoms with van der Waals surface area (Å²) in [5, 5.41) is 8.68.